The van der Waals surface area contributed by atoms with Crippen LogP contribution in [0.15, 0.2) is 12.2 Å². The van der Waals surface area contributed by atoms with E-state index in [9.17, 15) is 14.7 Å². The first-order valence-electron chi connectivity index (χ1n) is 8.44. The third-order valence-electron chi connectivity index (χ3n) is 5.50. The van der Waals surface area contributed by atoms with Crippen molar-refractivity contribution in [3.8, 4) is 0 Å². The molecule has 0 radical (unpaired) electrons. The van der Waals surface area contributed by atoms with Gasteiger partial charge in [-0.3, -0.25) is 4.79 Å². The summed E-state index contributed by atoms with van der Waals surface area (Å²) in [5.74, 6) is -0.200. The molecular formula is C17H28ClN3O3. The number of aliphatic hydroxyl groups excluding tert-OH is 1. The summed E-state index contributed by atoms with van der Waals surface area (Å²) in [7, 11) is 0. The molecule has 24 heavy (non-hydrogen) atoms. The van der Waals surface area contributed by atoms with Crippen LogP contribution in [0.4, 0.5) is 4.79 Å². The molecule has 1 saturated heterocycles. The molecule has 2 fully saturated rings. The van der Waals surface area contributed by atoms with Crippen LogP contribution in [0.5, 0.6) is 0 Å². The number of nitrogens with zero attached hydrogens (tertiary/aromatic N) is 2. The van der Waals surface area contributed by atoms with E-state index in [4.69, 9.17) is 17.3 Å². The maximum absolute atomic E-state index is 12.4. The second kappa shape index (κ2) is 6.92. The van der Waals surface area contributed by atoms with Crippen molar-refractivity contribution >= 4 is 23.5 Å². The number of carbonyl (C=O) groups is 2. The van der Waals surface area contributed by atoms with Crippen molar-refractivity contribution in [2.45, 2.75) is 44.6 Å². The van der Waals surface area contributed by atoms with Gasteiger partial charge in [0.1, 0.15) is 0 Å². The van der Waals surface area contributed by atoms with Crippen molar-refractivity contribution < 1.29 is 14.7 Å². The molecule has 0 spiro atoms. The Morgan fingerprint density at radius 1 is 1.17 bits per heavy atom. The number of primary amides is 1. The average molecular weight is 358 g/mol. The van der Waals surface area contributed by atoms with Crippen LogP contribution >= 0.6 is 11.6 Å². The van der Waals surface area contributed by atoms with E-state index in [-0.39, 0.29) is 17.2 Å². The largest absolute Gasteiger partial charge is 0.391 e. The van der Waals surface area contributed by atoms with Gasteiger partial charge >= 0.3 is 6.03 Å². The van der Waals surface area contributed by atoms with E-state index in [2.05, 4.69) is 13.8 Å². The number of carbonyl (C=O) groups excluding carboxylic acids is 2. The number of hydrogen-bond acceptors (Lipinski definition) is 3. The fraction of sp³-hybridized carbons (Fsp3) is 0.765. The van der Waals surface area contributed by atoms with Crippen LogP contribution in [0.25, 0.3) is 0 Å². The van der Waals surface area contributed by atoms with Gasteiger partial charge in [0.2, 0.25) is 5.91 Å². The minimum Gasteiger partial charge on any atom is -0.391 e. The number of nitrogens with two attached hydrogens (primary N) is 1. The molecule has 3 atom stereocenters. The number of amides is 3. The third kappa shape index (κ3) is 3.86. The van der Waals surface area contributed by atoms with Crippen LogP contribution in [-0.4, -0.2) is 64.0 Å². The Morgan fingerprint density at radius 3 is 2.25 bits per heavy atom. The topological polar surface area (TPSA) is 86.9 Å². The molecule has 3 amide bonds. The Kier molecular flexibility index (Phi) is 5.50. The summed E-state index contributed by atoms with van der Waals surface area (Å²) in [5.41, 5.74) is 5.16. The van der Waals surface area contributed by atoms with Crippen molar-refractivity contribution in [3.05, 3.63) is 12.2 Å². The molecule has 0 aromatic rings. The van der Waals surface area contributed by atoms with Gasteiger partial charge in [-0.25, -0.2) is 4.79 Å². The van der Waals surface area contributed by atoms with E-state index in [0.29, 0.717) is 32.6 Å². The quantitative estimate of drug-likeness (QED) is 0.580. The first-order valence-corrected chi connectivity index (χ1v) is 8.82. The molecule has 7 heteroatoms. The summed E-state index contributed by atoms with van der Waals surface area (Å²) in [6.45, 7) is 7.92. The normalized spacial score (nSPS) is 33.7. The molecule has 3 N–H and O–H groups in total. The number of aliphatic hydroxyl groups is 1. The molecular weight excluding hydrogens is 330 g/mol. The van der Waals surface area contributed by atoms with Crippen LogP contribution < -0.4 is 5.73 Å². The van der Waals surface area contributed by atoms with Crippen LogP contribution in [0, 0.1) is 11.3 Å². The zero-order valence-corrected chi connectivity index (χ0v) is 15.4. The van der Waals surface area contributed by atoms with Gasteiger partial charge in [-0.1, -0.05) is 19.9 Å². The molecule has 2 aliphatic rings. The molecule has 1 aliphatic carbocycles. The van der Waals surface area contributed by atoms with Gasteiger partial charge < -0.3 is 20.6 Å². The van der Waals surface area contributed by atoms with Crippen LogP contribution in [-0.2, 0) is 4.79 Å². The molecule has 0 aromatic carbocycles. The number of rotatable bonds is 2. The Bertz CT molecular complexity index is 525. The summed E-state index contributed by atoms with van der Waals surface area (Å²) in [5, 5.41) is 10.2. The first kappa shape index (κ1) is 19.1. The van der Waals surface area contributed by atoms with Gasteiger partial charge in [-0.2, -0.15) is 0 Å². The van der Waals surface area contributed by atoms with Crippen molar-refractivity contribution in [2.75, 3.05) is 26.2 Å². The minimum absolute atomic E-state index is 0.0861. The van der Waals surface area contributed by atoms with Crippen LogP contribution in [0.3, 0.4) is 0 Å². The number of urea groups is 1. The fourth-order valence-corrected chi connectivity index (χ4v) is 4.27. The molecule has 0 aromatic heterocycles. The number of alkyl halides is 1. The Morgan fingerprint density at radius 2 is 1.71 bits per heavy atom. The highest BCUT2D eigenvalue weighted by atomic mass is 35.5. The van der Waals surface area contributed by atoms with Gasteiger partial charge in [-0.05, 0) is 31.3 Å². The van der Waals surface area contributed by atoms with Crippen molar-refractivity contribution in [3.63, 3.8) is 0 Å². The van der Waals surface area contributed by atoms with Crippen molar-refractivity contribution in [1.82, 2.24) is 9.80 Å². The highest BCUT2D eigenvalue weighted by Gasteiger charge is 2.49. The van der Waals surface area contributed by atoms with E-state index >= 15 is 0 Å². The average Bonchev–Trinajstić information content (AvgIpc) is 2.51. The lowest BCUT2D eigenvalue weighted by molar-refractivity contribution is -0.127. The molecule has 1 aliphatic heterocycles. The number of piperazine rings is 1. The lowest BCUT2D eigenvalue weighted by Gasteiger charge is -2.49. The molecule has 6 nitrogen and oxygen atoms in total. The smallest absolute Gasteiger partial charge is 0.314 e. The van der Waals surface area contributed by atoms with E-state index in [1.54, 1.807) is 11.0 Å². The summed E-state index contributed by atoms with van der Waals surface area (Å²) in [6.07, 6.45) is 4.34. The van der Waals surface area contributed by atoms with Gasteiger partial charge in [0.05, 0.1) is 11.0 Å². The summed E-state index contributed by atoms with van der Waals surface area (Å²) >= 11 is 6.61. The summed E-state index contributed by atoms with van der Waals surface area (Å²) < 4.78 is 0. The van der Waals surface area contributed by atoms with Crippen LogP contribution in [0.1, 0.15) is 33.6 Å². The summed E-state index contributed by atoms with van der Waals surface area (Å²) in [4.78, 5) is 26.0. The Balaban J connectivity index is 2.03. The highest BCUT2D eigenvalue weighted by Crippen LogP contribution is 2.50. The predicted molar refractivity (Wildman–Crippen MR) is 93.6 cm³/mol. The van der Waals surface area contributed by atoms with Gasteiger partial charge in [0, 0.05) is 32.1 Å². The number of halogens is 1. The van der Waals surface area contributed by atoms with E-state index < -0.39 is 17.0 Å². The zero-order valence-electron chi connectivity index (χ0n) is 14.7. The van der Waals surface area contributed by atoms with E-state index in [0.717, 1.165) is 6.42 Å². The molecule has 0 bridgehead atoms. The lowest BCUT2D eigenvalue weighted by Crippen LogP contribution is -2.52. The monoisotopic (exact) mass is 357 g/mol. The van der Waals surface area contributed by atoms with Crippen LogP contribution in [0.2, 0.25) is 0 Å². The van der Waals surface area contributed by atoms with E-state index in [1.807, 2.05) is 13.0 Å². The maximum atomic E-state index is 12.4. The van der Waals surface area contributed by atoms with Crippen molar-refractivity contribution in [1.29, 1.82) is 0 Å². The fourth-order valence-electron chi connectivity index (χ4n) is 3.80. The van der Waals surface area contributed by atoms with Gasteiger partial charge in [-0.15, -0.1) is 11.6 Å². The third-order valence-corrected chi connectivity index (χ3v) is 5.98. The minimum atomic E-state index is -0.788. The molecule has 1 saturated carbocycles. The van der Waals surface area contributed by atoms with Gasteiger partial charge in [0.25, 0.3) is 0 Å². The standard InChI is InChI=1S/C17H28ClN3O3/c1-16(2)7-6-13(22)17(3,18)12(16)4-5-14(23)20-8-10-21(11-9-20)15(19)24/h4-5,12-13,22H,6-11H2,1-3H3,(H2,19,24). The SMILES string of the molecule is CC1(C)CCC(O)C(C)(Cl)C1C=CC(=O)N1CCN(C(N)=O)CC1. The van der Waals surface area contributed by atoms with E-state index in [1.165, 1.54) is 4.90 Å². The second-order valence-corrected chi connectivity index (χ2v) is 8.50. The zero-order chi connectivity index (χ0) is 18.1. The first-order chi connectivity index (χ1) is 11.1. The predicted octanol–water partition coefficient (Wildman–Crippen LogP) is 1.56. The summed E-state index contributed by atoms with van der Waals surface area (Å²) in [6, 6.07) is -0.450. The number of hydrogen-bond donors (Lipinski definition) is 2. The molecule has 136 valence electrons. The second-order valence-electron chi connectivity index (χ2n) is 7.68. The Hall–Kier alpha value is -1.27. The molecule has 2 rings (SSSR count). The van der Waals surface area contributed by atoms with Crippen molar-refractivity contribution in [2.24, 2.45) is 17.1 Å². The molecule has 1 heterocycles. The highest BCUT2D eigenvalue weighted by molar-refractivity contribution is 6.24. The number of allylic oxidation sites excluding steroid dienone is 1. The Labute approximate surface area is 148 Å². The maximum Gasteiger partial charge on any atom is 0.314 e. The molecule has 3 unspecified atom stereocenters. The van der Waals surface area contributed by atoms with Gasteiger partial charge in [0.15, 0.2) is 0 Å². The lowest BCUT2D eigenvalue weighted by atomic mass is 9.62.